The van der Waals surface area contributed by atoms with E-state index in [9.17, 15) is 9.59 Å². The minimum Gasteiger partial charge on any atom is -0.353 e. The van der Waals surface area contributed by atoms with Crippen molar-refractivity contribution in [3.63, 3.8) is 0 Å². The number of nitrogens with zero attached hydrogens (tertiary/aromatic N) is 3. The molecule has 0 radical (unpaired) electrons. The van der Waals surface area contributed by atoms with Crippen LogP contribution in [0.4, 0.5) is 0 Å². The Bertz CT molecular complexity index is 631. The number of hydrogen-bond donors (Lipinski definition) is 1. The fourth-order valence-electron chi connectivity index (χ4n) is 2.45. The van der Waals surface area contributed by atoms with Gasteiger partial charge in [0.15, 0.2) is 0 Å². The highest BCUT2D eigenvalue weighted by Crippen LogP contribution is 2.10. The average molecular weight is 272 g/mol. The third-order valence-electron chi connectivity index (χ3n) is 3.57. The van der Waals surface area contributed by atoms with Gasteiger partial charge in [-0.05, 0) is 19.1 Å². The second-order valence-corrected chi connectivity index (χ2v) is 4.93. The summed E-state index contributed by atoms with van der Waals surface area (Å²) in [6.45, 7) is 2.81. The largest absolute Gasteiger partial charge is 0.353 e. The molecular formula is C14H16N4O2. The highest BCUT2D eigenvalue weighted by atomic mass is 16.2. The van der Waals surface area contributed by atoms with Crippen molar-refractivity contribution < 1.29 is 9.59 Å². The molecule has 1 aliphatic rings. The van der Waals surface area contributed by atoms with Gasteiger partial charge in [-0.3, -0.25) is 9.59 Å². The van der Waals surface area contributed by atoms with Crippen LogP contribution in [0.5, 0.6) is 0 Å². The second kappa shape index (κ2) is 4.96. The molecule has 3 rings (SSSR count). The zero-order valence-electron chi connectivity index (χ0n) is 11.2. The third-order valence-corrected chi connectivity index (χ3v) is 3.57. The maximum Gasteiger partial charge on any atom is 0.242 e. The van der Waals surface area contributed by atoms with Gasteiger partial charge in [0.25, 0.3) is 0 Å². The van der Waals surface area contributed by atoms with Gasteiger partial charge in [0, 0.05) is 25.5 Å². The Morgan fingerprint density at radius 1 is 1.50 bits per heavy atom. The number of fused-ring (bicyclic) bond motifs is 1. The monoisotopic (exact) mass is 272 g/mol. The summed E-state index contributed by atoms with van der Waals surface area (Å²) in [5, 5.41) is 2.75. The summed E-state index contributed by atoms with van der Waals surface area (Å²) in [5.74, 6) is -0.157. The summed E-state index contributed by atoms with van der Waals surface area (Å²) in [6, 6.07) is 5.31. The molecule has 2 aromatic heterocycles. The van der Waals surface area contributed by atoms with Crippen molar-refractivity contribution in [3.8, 4) is 0 Å². The minimum absolute atomic E-state index is 0.0595. The van der Waals surface area contributed by atoms with Gasteiger partial charge in [0.1, 0.15) is 11.7 Å². The van der Waals surface area contributed by atoms with Crippen LogP contribution in [0, 0.1) is 0 Å². The van der Waals surface area contributed by atoms with E-state index in [-0.39, 0.29) is 18.2 Å². The molecule has 6 nitrogen and oxygen atoms in total. The lowest BCUT2D eigenvalue weighted by Crippen LogP contribution is -2.56. The Morgan fingerprint density at radius 3 is 3.15 bits per heavy atom. The van der Waals surface area contributed by atoms with E-state index in [2.05, 4.69) is 10.3 Å². The number of nitrogens with one attached hydrogen (secondary N) is 1. The summed E-state index contributed by atoms with van der Waals surface area (Å²) >= 11 is 0. The fourth-order valence-corrected chi connectivity index (χ4v) is 2.45. The molecule has 1 N–H and O–H groups in total. The molecule has 3 heterocycles. The number of piperazine rings is 1. The van der Waals surface area contributed by atoms with E-state index < -0.39 is 6.04 Å². The molecule has 2 amide bonds. The lowest BCUT2D eigenvalue weighted by Gasteiger charge is -2.32. The van der Waals surface area contributed by atoms with Gasteiger partial charge in [-0.1, -0.05) is 6.07 Å². The van der Waals surface area contributed by atoms with Crippen LogP contribution in [0.15, 0.2) is 30.6 Å². The Kier molecular flexibility index (Phi) is 3.14. The maximum atomic E-state index is 12.3. The van der Waals surface area contributed by atoms with Crippen molar-refractivity contribution in [1.82, 2.24) is 19.6 Å². The van der Waals surface area contributed by atoms with Crippen molar-refractivity contribution in [3.05, 3.63) is 36.3 Å². The lowest BCUT2D eigenvalue weighted by atomic mass is 10.2. The molecule has 0 aliphatic carbocycles. The minimum atomic E-state index is -0.409. The zero-order chi connectivity index (χ0) is 14.1. The van der Waals surface area contributed by atoms with Crippen LogP contribution >= 0.6 is 0 Å². The summed E-state index contributed by atoms with van der Waals surface area (Å²) in [6.07, 6.45) is 3.97. The van der Waals surface area contributed by atoms with Crippen molar-refractivity contribution in [1.29, 1.82) is 0 Å². The molecule has 1 atom stereocenters. The van der Waals surface area contributed by atoms with E-state index in [1.807, 2.05) is 35.0 Å². The van der Waals surface area contributed by atoms with E-state index in [1.54, 1.807) is 11.8 Å². The predicted octanol–water partition coefficient (Wildman–Crippen LogP) is 0.224. The molecule has 1 aliphatic heterocycles. The van der Waals surface area contributed by atoms with Crippen LogP contribution in [-0.2, 0) is 16.0 Å². The number of imidazole rings is 1. The van der Waals surface area contributed by atoms with E-state index >= 15 is 0 Å². The number of hydrogen-bond acceptors (Lipinski definition) is 3. The first kappa shape index (κ1) is 12.7. The topological polar surface area (TPSA) is 66.7 Å². The first-order valence-corrected chi connectivity index (χ1v) is 6.65. The Balaban J connectivity index is 1.76. The van der Waals surface area contributed by atoms with Gasteiger partial charge in [0.2, 0.25) is 11.8 Å². The van der Waals surface area contributed by atoms with Gasteiger partial charge >= 0.3 is 0 Å². The summed E-state index contributed by atoms with van der Waals surface area (Å²) in [5.41, 5.74) is 1.54. The molecule has 2 aromatic rings. The number of aromatic nitrogens is 2. The summed E-state index contributed by atoms with van der Waals surface area (Å²) in [7, 11) is 0. The Hall–Kier alpha value is -2.37. The van der Waals surface area contributed by atoms with Gasteiger partial charge in [-0.25, -0.2) is 4.98 Å². The molecule has 6 heteroatoms. The average Bonchev–Trinajstić information content (AvgIpc) is 2.83. The van der Waals surface area contributed by atoms with E-state index in [0.717, 1.165) is 11.3 Å². The quantitative estimate of drug-likeness (QED) is 0.850. The number of rotatable bonds is 2. The van der Waals surface area contributed by atoms with Crippen molar-refractivity contribution in [2.45, 2.75) is 19.4 Å². The lowest BCUT2D eigenvalue weighted by molar-refractivity contribution is -0.142. The normalized spacial score (nSPS) is 19.1. The van der Waals surface area contributed by atoms with Crippen LogP contribution in [0.2, 0.25) is 0 Å². The molecule has 104 valence electrons. The van der Waals surface area contributed by atoms with Gasteiger partial charge < -0.3 is 14.6 Å². The van der Waals surface area contributed by atoms with Crippen LogP contribution < -0.4 is 5.32 Å². The molecule has 1 saturated heterocycles. The fraction of sp³-hybridized carbons (Fsp3) is 0.357. The molecule has 0 aromatic carbocycles. The third kappa shape index (κ3) is 2.24. The maximum absolute atomic E-state index is 12.3. The number of carbonyl (C=O) groups excluding carboxylic acids is 2. The summed E-state index contributed by atoms with van der Waals surface area (Å²) in [4.78, 5) is 29.9. The van der Waals surface area contributed by atoms with Gasteiger partial charge in [0.05, 0.1) is 12.1 Å². The molecule has 0 spiro atoms. The molecule has 1 unspecified atom stereocenters. The van der Waals surface area contributed by atoms with Crippen molar-refractivity contribution in [2.75, 3.05) is 13.1 Å². The predicted molar refractivity (Wildman–Crippen MR) is 73.1 cm³/mol. The molecular weight excluding hydrogens is 256 g/mol. The van der Waals surface area contributed by atoms with E-state index in [4.69, 9.17) is 0 Å². The molecule has 0 saturated carbocycles. The van der Waals surface area contributed by atoms with E-state index in [0.29, 0.717) is 13.1 Å². The summed E-state index contributed by atoms with van der Waals surface area (Å²) < 4.78 is 1.88. The molecule has 20 heavy (non-hydrogen) atoms. The number of amides is 2. The van der Waals surface area contributed by atoms with Crippen LogP contribution in [0.25, 0.3) is 5.65 Å². The SMILES string of the molecule is CC1C(=O)NCCN1C(=O)Cc1cn2ccccc2n1. The highest BCUT2D eigenvalue weighted by Gasteiger charge is 2.29. The first-order valence-electron chi connectivity index (χ1n) is 6.65. The van der Waals surface area contributed by atoms with Gasteiger partial charge in [-0.15, -0.1) is 0 Å². The van der Waals surface area contributed by atoms with Crippen molar-refractivity contribution >= 4 is 17.5 Å². The van der Waals surface area contributed by atoms with Gasteiger partial charge in [-0.2, -0.15) is 0 Å². The molecule has 1 fully saturated rings. The Labute approximate surface area is 116 Å². The Morgan fingerprint density at radius 2 is 2.35 bits per heavy atom. The van der Waals surface area contributed by atoms with E-state index in [1.165, 1.54) is 0 Å². The first-order chi connectivity index (χ1) is 9.65. The smallest absolute Gasteiger partial charge is 0.242 e. The van der Waals surface area contributed by atoms with Crippen molar-refractivity contribution in [2.24, 2.45) is 0 Å². The standard InChI is InChI=1S/C14H16N4O2/c1-10-14(20)15-5-7-18(10)13(19)8-11-9-17-6-3-2-4-12(17)16-11/h2-4,6,9-10H,5,7-8H2,1H3,(H,15,20). The number of pyridine rings is 1. The second-order valence-electron chi connectivity index (χ2n) is 4.93. The van der Waals surface area contributed by atoms with Crippen LogP contribution in [0.1, 0.15) is 12.6 Å². The zero-order valence-corrected chi connectivity index (χ0v) is 11.2. The molecule has 0 bridgehead atoms. The number of carbonyl (C=O) groups is 2. The van der Waals surface area contributed by atoms with Crippen LogP contribution in [-0.4, -0.2) is 45.2 Å². The van der Waals surface area contributed by atoms with Crippen LogP contribution in [0.3, 0.4) is 0 Å². The highest BCUT2D eigenvalue weighted by molar-refractivity contribution is 5.89.